The summed E-state index contributed by atoms with van der Waals surface area (Å²) in [6, 6.07) is 8.63. The molecule has 1 fully saturated rings. The van der Waals surface area contributed by atoms with Crippen molar-refractivity contribution in [2.24, 2.45) is 5.41 Å². The summed E-state index contributed by atoms with van der Waals surface area (Å²) in [6.45, 7) is 4.73. The van der Waals surface area contributed by atoms with Crippen molar-refractivity contribution >= 4 is 28.2 Å². The highest BCUT2D eigenvalue weighted by atomic mass is 35.5. The highest BCUT2D eigenvalue weighted by molar-refractivity contribution is 6.35. The monoisotopic (exact) mass is 288 g/mol. The maximum absolute atomic E-state index is 6.22. The van der Waals surface area contributed by atoms with Crippen molar-refractivity contribution < 1.29 is 0 Å². The highest BCUT2D eigenvalue weighted by Crippen LogP contribution is 2.37. The van der Waals surface area contributed by atoms with Crippen molar-refractivity contribution in [3.63, 3.8) is 0 Å². The van der Waals surface area contributed by atoms with Gasteiger partial charge in [-0.15, -0.1) is 0 Å². The molecule has 0 atom stereocenters. The van der Waals surface area contributed by atoms with Crippen LogP contribution in [0.2, 0.25) is 5.02 Å². The quantitative estimate of drug-likeness (QED) is 0.814. The molecule has 2 aromatic rings. The summed E-state index contributed by atoms with van der Waals surface area (Å²) in [5, 5.41) is 5.52. The standard InChI is InChI=1S/C17H21ClN2/c1-17(2)9-7-12(8-10-17)20-15-6-5-14(18)16-13(15)4-3-11-19-16/h3-6,11-12,20H,7-10H2,1-2H3. The first-order valence-corrected chi connectivity index (χ1v) is 7.73. The number of hydrogen-bond acceptors (Lipinski definition) is 2. The minimum absolute atomic E-state index is 0.502. The normalized spacial score (nSPS) is 19.1. The summed E-state index contributed by atoms with van der Waals surface area (Å²) in [5.41, 5.74) is 2.54. The number of hydrogen-bond donors (Lipinski definition) is 1. The van der Waals surface area contributed by atoms with Crippen LogP contribution in [0.1, 0.15) is 39.5 Å². The molecule has 1 saturated carbocycles. The lowest BCUT2D eigenvalue weighted by Crippen LogP contribution is -2.29. The molecule has 0 aliphatic heterocycles. The van der Waals surface area contributed by atoms with Gasteiger partial charge in [-0.05, 0) is 55.4 Å². The van der Waals surface area contributed by atoms with Gasteiger partial charge in [0.1, 0.15) is 0 Å². The van der Waals surface area contributed by atoms with E-state index in [1.807, 2.05) is 12.1 Å². The van der Waals surface area contributed by atoms with Gasteiger partial charge in [-0.25, -0.2) is 0 Å². The van der Waals surface area contributed by atoms with E-state index >= 15 is 0 Å². The number of anilines is 1. The van der Waals surface area contributed by atoms with Gasteiger partial charge in [0, 0.05) is 23.3 Å². The topological polar surface area (TPSA) is 24.9 Å². The van der Waals surface area contributed by atoms with E-state index in [9.17, 15) is 0 Å². The number of pyridine rings is 1. The fourth-order valence-electron chi connectivity index (χ4n) is 3.03. The molecule has 1 aliphatic carbocycles. The second-order valence-electron chi connectivity index (χ2n) is 6.58. The van der Waals surface area contributed by atoms with Gasteiger partial charge in [0.2, 0.25) is 0 Å². The van der Waals surface area contributed by atoms with Crippen LogP contribution in [-0.2, 0) is 0 Å². The van der Waals surface area contributed by atoms with Crippen LogP contribution in [0, 0.1) is 5.41 Å². The predicted octanol–water partition coefficient (Wildman–Crippen LogP) is 5.27. The highest BCUT2D eigenvalue weighted by Gasteiger charge is 2.26. The van der Waals surface area contributed by atoms with Crippen LogP contribution in [0.5, 0.6) is 0 Å². The molecule has 0 radical (unpaired) electrons. The summed E-state index contributed by atoms with van der Waals surface area (Å²) in [7, 11) is 0. The van der Waals surface area contributed by atoms with E-state index in [0.717, 1.165) is 21.6 Å². The van der Waals surface area contributed by atoms with Gasteiger partial charge in [-0.3, -0.25) is 4.98 Å². The van der Waals surface area contributed by atoms with Crippen LogP contribution in [0.15, 0.2) is 30.5 Å². The van der Waals surface area contributed by atoms with E-state index < -0.39 is 0 Å². The molecular formula is C17H21ClN2. The first-order chi connectivity index (χ1) is 9.55. The SMILES string of the molecule is CC1(C)CCC(Nc2ccc(Cl)c3ncccc23)CC1. The van der Waals surface area contributed by atoms with Crippen LogP contribution >= 0.6 is 11.6 Å². The summed E-state index contributed by atoms with van der Waals surface area (Å²) in [5.74, 6) is 0. The van der Waals surface area contributed by atoms with Crippen LogP contribution in [0.3, 0.4) is 0 Å². The van der Waals surface area contributed by atoms with Crippen LogP contribution in [-0.4, -0.2) is 11.0 Å². The smallest absolute Gasteiger partial charge is 0.0908 e. The Bertz CT molecular complexity index is 611. The first-order valence-electron chi connectivity index (χ1n) is 7.35. The third-order valence-corrected chi connectivity index (χ3v) is 4.72. The Kier molecular flexibility index (Phi) is 3.59. The minimum Gasteiger partial charge on any atom is -0.382 e. The zero-order chi connectivity index (χ0) is 14.2. The van der Waals surface area contributed by atoms with E-state index in [1.165, 1.54) is 25.7 Å². The third-order valence-electron chi connectivity index (χ3n) is 4.42. The average molecular weight is 289 g/mol. The lowest BCUT2D eigenvalue weighted by Gasteiger charge is -2.35. The van der Waals surface area contributed by atoms with Crippen molar-refractivity contribution in [3.8, 4) is 0 Å². The lowest BCUT2D eigenvalue weighted by molar-refractivity contribution is 0.232. The maximum atomic E-state index is 6.22. The Hall–Kier alpha value is -1.28. The summed E-state index contributed by atoms with van der Waals surface area (Å²) in [4.78, 5) is 4.39. The molecule has 0 amide bonds. The van der Waals surface area contributed by atoms with Gasteiger partial charge in [-0.2, -0.15) is 0 Å². The minimum atomic E-state index is 0.502. The molecule has 1 aliphatic rings. The van der Waals surface area contributed by atoms with E-state index in [4.69, 9.17) is 11.6 Å². The van der Waals surface area contributed by atoms with Crippen LogP contribution in [0.4, 0.5) is 5.69 Å². The molecule has 0 unspecified atom stereocenters. The Morgan fingerprint density at radius 3 is 2.70 bits per heavy atom. The van der Waals surface area contributed by atoms with Crippen LogP contribution in [0.25, 0.3) is 10.9 Å². The lowest BCUT2D eigenvalue weighted by atomic mass is 9.75. The van der Waals surface area contributed by atoms with Crippen molar-refractivity contribution in [2.75, 3.05) is 5.32 Å². The average Bonchev–Trinajstić information content (AvgIpc) is 2.44. The number of halogens is 1. The number of benzene rings is 1. The predicted molar refractivity (Wildman–Crippen MR) is 86.4 cm³/mol. The third kappa shape index (κ3) is 2.76. The summed E-state index contributed by atoms with van der Waals surface area (Å²) in [6.07, 6.45) is 6.83. The second kappa shape index (κ2) is 5.25. The molecule has 3 heteroatoms. The number of nitrogens with one attached hydrogen (secondary N) is 1. The van der Waals surface area contributed by atoms with E-state index in [1.54, 1.807) is 6.20 Å². The number of fused-ring (bicyclic) bond motifs is 1. The summed E-state index contributed by atoms with van der Waals surface area (Å²) >= 11 is 6.22. The van der Waals surface area contributed by atoms with Gasteiger partial charge in [0.05, 0.1) is 10.5 Å². The Morgan fingerprint density at radius 2 is 1.95 bits per heavy atom. The first kappa shape index (κ1) is 13.7. The van der Waals surface area contributed by atoms with Gasteiger partial charge < -0.3 is 5.32 Å². The van der Waals surface area contributed by atoms with Gasteiger partial charge >= 0.3 is 0 Å². The molecule has 106 valence electrons. The molecule has 1 aromatic heterocycles. The van der Waals surface area contributed by atoms with Crippen molar-refractivity contribution in [3.05, 3.63) is 35.5 Å². The molecule has 20 heavy (non-hydrogen) atoms. The van der Waals surface area contributed by atoms with E-state index in [2.05, 4.69) is 36.3 Å². The van der Waals surface area contributed by atoms with Gasteiger partial charge in [0.25, 0.3) is 0 Å². The molecule has 0 spiro atoms. The maximum Gasteiger partial charge on any atom is 0.0908 e. The van der Waals surface area contributed by atoms with E-state index in [0.29, 0.717) is 11.5 Å². The Morgan fingerprint density at radius 1 is 1.20 bits per heavy atom. The zero-order valence-corrected chi connectivity index (χ0v) is 12.9. The molecule has 0 bridgehead atoms. The zero-order valence-electron chi connectivity index (χ0n) is 12.1. The molecular weight excluding hydrogens is 268 g/mol. The van der Waals surface area contributed by atoms with Gasteiger partial charge in [-0.1, -0.05) is 25.4 Å². The molecule has 2 nitrogen and oxygen atoms in total. The second-order valence-corrected chi connectivity index (χ2v) is 6.98. The van der Waals surface area contributed by atoms with Crippen molar-refractivity contribution in [2.45, 2.75) is 45.6 Å². The molecule has 1 aromatic carbocycles. The Labute approximate surface area is 125 Å². The number of rotatable bonds is 2. The molecule has 0 saturated heterocycles. The van der Waals surface area contributed by atoms with Crippen LogP contribution < -0.4 is 5.32 Å². The fraction of sp³-hybridized carbons (Fsp3) is 0.471. The largest absolute Gasteiger partial charge is 0.382 e. The molecule has 1 N–H and O–H groups in total. The van der Waals surface area contributed by atoms with Crippen molar-refractivity contribution in [1.82, 2.24) is 4.98 Å². The molecule has 3 rings (SSSR count). The van der Waals surface area contributed by atoms with Crippen molar-refractivity contribution in [1.29, 1.82) is 0 Å². The Balaban J connectivity index is 1.83. The molecule has 1 heterocycles. The number of nitrogens with zero attached hydrogens (tertiary/aromatic N) is 1. The number of aromatic nitrogens is 1. The van der Waals surface area contributed by atoms with Gasteiger partial charge in [0.15, 0.2) is 0 Å². The summed E-state index contributed by atoms with van der Waals surface area (Å²) < 4.78 is 0. The van der Waals surface area contributed by atoms with E-state index in [-0.39, 0.29) is 0 Å². The fourth-order valence-corrected chi connectivity index (χ4v) is 3.24.